The number of carbonyl (C=O) groups is 3. The first-order valence-electron chi connectivity index (χ1n) is 11.0. The Labute approximate surface area is 214 Å². The van der Waals surface area contributed by atoms with E-state index in [4.69, 9.17) is 4.74 Å². The van der Waals surface area contributed by atoms with Gasteiger partial charge in [-0.25, -0.2) is 14.1 Å². The number of rotatable bonds is 5. The van der Waals surface area contributed by atoms with Gasteiger partial charge in [-0.15, -0.1) is 0 Å². The lowest BCUT2D eigenvalue weighted by Gasteiger charge is -2.26. The average molecular weight is 545 g/mol. The van der Waals surface area contributed by atoms with Gasteiger partial charge in [-0.1, -0.05) is 48.5 Å². The normalized spacial score (nSPS) is 14.9. The summed E-state index contributed by atoms with van der Waals surface area (Å²) in [6.07, 6.45) is 1.39. The van der Waals surface area contributed by atoms with Crippen molar-refractivity contribution in [3.8, 4) is 5.75 Å². The average Bonchev–Trinajstić information content (AvgIpc) is 2.87. The molecule has 1 aliphatic heterocycles. The van der Waals surface area contributed by atoms with Crippen molar-refractivity contribution in [3.05, 3.63) is 112 Å². The third-order valence-electron chi connectivity index (χ3n) is 5.72. The van der Waals surface area contributed by atoms with Gasteiger partial charge in [0.25, 0.3) is 11.8 Å². The fourth-order valence-electron chi connectivity index (χ4n) is 3.95. The van der Waals surface area contributed by atoms with Gasteiger partial charge in [0.1, 0.15) is 23.7 Å². The molecule has 4 amide bonds. The Morgan fingerprint density at radius 3 is 2.44 bits per heavy atom. The third-order valence-corrected chi connectivity index (χ3v) is 6.34. The third kappa shape index (κ3) is 4.63. The Hall–Kier alpha value is -4.30. The van der Waals surface area contributed by atoms with Gasteiger partial charge in [-0.05, 0) is 80.3 Å². The first-order chi connectivity index (χ1) is 17.4. The molecule has 0 saturated carbocycles. The molecule has 5 rings (SSSR count). The van der Waals surface area contributed by atoms with E-state index in [2.05, 4.69) is 21.2 Å². The number of halogens is 2. The van der Waals surface area contributed by atoms with E-state index in [-0.39, 0.29) is 11.3 Å². The van der Waals surface area contributed by atoms with Crippen molar-refractivity contribution in [1.29, 1.82) is 0 Å². The van der Waals surface area contributed by atoms with Crippen molar-refractivity contribution in [2.24, 2.45) is 0 Å². The van der Waals surface area contributed by atoms with Crippen LogP contribution >= 0.6 is 15.9 Å². The van der Waals surface area contributed by atoms with Crippen LogP contribution in [0.1, 0.15) is 11.1 Å². The number of hydrogen-bond donors (Lipinski definition) is 1. The summed E-state index contributed by atoms with van der Waals surface area (Å²) in [5.41, 5.74) is 1.51. The number of imide groups is 2. The molecule has 8 heteroatoms. The molecule has 1 N–H and O–H groups in total. The molecule has 0 atom stereocenters. The maximum Gasteiger partial charge on any atom is 0.335 e. The minimum Gasteiger partial charge on any atom is -0.488 e. The van der Waals surface area contributed by atoms with Crippen LogP contribution in [0.5, 0.6) is 5.75 Å². The van der Waals surface area contributed by atoms with Crippen molar-refractivity contribution in [1.82, 2.24) is 5.32 Å². The van der Waals surface area contributed by atoms with E-state index >= 15 is 0 Å². The van der Waals surface area contributed by atoms with Crippen LogP contribution in [0.2, 0.25) is 0 Å². The second-order valence-electron chi connectivity index (χ2n) is 8.05. The van der Waals surface area contributed by atoms with Crippen LogP contribution in [0.15, 0.2) is 95.0 Å². The molecule has 0 radical (unpaired) electrons. The van der Waals surface area contributed by atoms with E-state index < -0.39 is 23.7 Å². The summed E-state index contributed by atoms with van der Waals surface area (Å²) in [6.45, 7) is 0.357. The molecule has 0 bridgehead atoms. The molecule has 4 aromatic carbocycles. The lowest BCUT2D eigenvalue weighted by atomic mass is 10.1. The number of fused-ring (bicyclic) bond motifs is 1. The van der Waals surface area contributed by atoms with E-state index in [1.54, 1.807) is 18.2 Å². The molecule has 1 saturated heterocycles. The van der Waals surface area contributed by atoms with Crippen LogP contribution in [0.4, 0.5) is 14.9 Å². The number of nitrogens with zero attached hydrogens (tertiary/aromatic N) is 1. The van der Waals surface area contributed by atoms with Crippen LogP contribution in [0.3, 0.4) is 0 Å². The molecule has 0 aromatic heterocycles. The smallest absolute Gasteiger partial charge is 0.335 e. The SMILES string of the molecule is O=C1NC(=O)N(c2ccc(F)cc2)C(=O)/C1=C/c1ccc(OCc2cccc3ccccc23)c(Br)c1. The van der Waals surface area contributed by atoms with Crippen LogP contribution in [0.25, 0.3) is 16.8 Å². The largest absolute Gasteiger partial charge is 0.488 e. The molecule has 0 aliphatic carbocycles. The van der Waals surface area contributed by atoms with Gasteiger partial charge < -0.3 is 4.74 Å². The maximum absolute atomic E-state index is 13.3. The highest BCUT2D eigenvalue weighted by Gasteiger charge is 2.36. The van der Waals surface area contributed by atoms with Crippen molar-refractivity contribution in [2.75, 3.05) is 4.90 Å². The predicted octanol–water partition coefficient (Wildman–Crippen LogP) is 5.99. The first-order valence-corrected chi connectivity index (χ1v) is 11.8. The van der Waals surface area contributed by atoms with E-state index in [0.717, 1.165) is 33.4 Å². The van der Waals surface area contributed by atoms with Crippen molar-refractivity contribution in [3.63, 3.8) is 0 Å². The van der Waals surface area contributed by atoms with Crippen LogP contribution in [-0.2, 0) is 16.2 Å². The molecule has 1 heterocycles. The summed E-state index contributed by atoms with van der Waals surface area (Å²) in [5.74, 6) is -1.53. The molecule has 1 fully saturated rings. The van der Waals surface area contributed by atoms with Crippen LogP contribution in [-0.4, -0.2) is 17.8 Å². The molecule has 36 heavy (non-hydrogen) atoms. The lowest BCUT2D eigenvalue weighted by Crippen LogP contribution is -2.54. The lowest BCUT2D eigenvalue weighted by molar-refractivity contribution is -0.122. The number of nitrogens with one attached hydrogen (secondary N) is 1. The quantitative estimate of drug-likeness (QED) is 0.247. The number of anilines is 1. The Kier molecular flexibility index (Phi) is 6.35. The topological polar surface area (TPSA) is 75.7 Å². The monoisotopic (exact) mass is 544 g/mol. The molecule has 0 spiro atoms. The van der Waals surface area contributed by atoms with E-state index in [9.17, 15) is 18.8 Å². The highest BCUT2D eigenvalue weighted by Crippen LogP contribution is 2.30. The van der Waals surface area contributed by atoms with Crippen molar-refractivity contribution in [2.45, 2.75) is 6.61 Å². The van der Waals surface area contributed by atoms with Gasteiger partial charge in [0.2, 0.25) is 0 Å². The summed E-state index contributed by atoms with van der Waals surface area (Å²) in [4.78, 5) is 38.5. The van der Waals surface area contributed by atoms with E-state index in [0.29, 0.717) is 22.4 Å². The second-order valence-corrected chi connectivity index (χ2v) is 8.91. The number of urea groups is 1. The zero-order chi connectivity index (χ0) is 25.2. The molecule has 178 valence electrons. The number of barbiturate groups is 1. The highest BCUT2D eigenvalue weighted by atomic mass is 79.9. The Bertz CT molecular complexity index is 1540. The van der Waals surface area contributed by atoms with Crippen molar-refractivity contribution < 1.29 is 23.5 Å². The molecular formula is C28H18BrFN2O4. The fourth-order valence-corrected chi connectivity index (χ4v) is 4.46. The minimum absolute atomic E-state index is 0.149. The van der Waals surface area contributed by atoms with Crippen molar-refractivity contribution >= 4 is 56.3 Å². The number of hydrogen-bond acceptors (Lipinski definition) is 4. The van der Waals surface area contributed by atoms with E-state index in [1.807, 2.05) is 42.5 Å². The zero-order valence-electron chi connectivity index (χ0n) is 18.7. The second kappa shape index (κ2) is 9.75. The summed E-state index contributed by atoms with van der Waals surface area (Å²) in [6, 6.07) is 23.2. The maximum atomic E-state index is 13.3. The van der Waals surface area contributed by atoms with Gasteiger partial charge in [-0.2, -0.15) is 0 Å². The number of ether oxygens (including phenoxy) is 1. The number of benzene rings is 4. The highest BCUT2D eigenvalue weighted by molar-refractivity contribution is 9.10. The van der Waals surface area contributed by atoms with Crippen LogP contribution in [0, 0.1) is 5.82 Å². The van der Waals surface area contributed by atoms with Gasteiger partial charge in [0.15, 0.2) is 0 Å². The molecule has 1 aliphatic rings. The predicted molar refractivity (Wildman–Crippen MR) is 138 cm³/mol. The molecular weight excluding hydrogens is 527 g/mol. The Morgan fingerprint density at radius 1 is 0.917 bits per heavy atom. The van der Waals surface area contributed by atoms with Crippen LogP contribution < -0.4 is 15.0 Å². The molecule has 4 aromatic rings. The van der Waals surface area contributed by atoms with Gasteiger partial charge in [0, 0.05) is 0 Å². The van der Waals surface area contributed by atoms with Gasteiger partial charge >= 0.3 is 6.03 Å². The summed E-state index contributed by atoms with van der Waals surface area (Å²) in [7, 11) is 0. The summed E-state index contributed by atoms with van der Waals surface area (Å²) >= 11 is 3.49. The summed E-state index contributed by atoms with van der Waals surface area (Å²) < 4.78 is 19.9. The fraction of sp³-hybridized carbons (Fsp3) is 0.0357. The first kappa shape index (κ1) is 23.4. The summed E-state index contributed by atoms with van der Waals surface area (Å²) in [5, 5.41) is 4.39. The molecule has 0 unspecified atom stereocenters. The van der Waals surface area contributed by atoms with Gasteiger partial charge in [0.05, 0.1) is 10.2 Å². The number of amides is 4. The minimum atomic E-state index is -0.896. The molecule has 6 nitrogen and oxygen atoms in total. The number of carbonyl (C=O) groups excluding carboxylic acids is 3. The Morgan fingerprint density at radius 2 is 1.67 bits per heavy atom. The van der Waals surface area contributed by atoms with E-state index in [1.165, 1.54) is 18.2 Å². The Balaban J connectivity index is 1.37. The standard InChI is InChI=1S/C28H18BrFN2O4/c29-24-15-17(8-13-25(24)36-16-19-6-3-5-18-4-1-2-7-22(18)19)14-23-26(33)31-28(35)32(27(23)34)21-11-9-20(30)10-12-21/h1-15H,16H2,(H,31,33,35)/b23-14+. The zero-order valence-corrected chi connectivity index (χ0v) is 20.3. The van der Waals surface area contributed by atoms with Gasteiger partial charge in [-0.3, -0.25) is 14.9 Å².